The van der Waals surface area contributed by atoms with Gasteiger partial charge in [0.05, 0.1) is 11.4 Å². The van der Waals surface area contributed by atoms with Crippen molar-refractivity contribution >= 4 is 27.8 Å². The summed E-state index contributed by atoms with van der Waals surface area (Å²) in [6, 6.07) is 78.5. The summed E-state index contributed by atoms with van der Waals surface area (Å²) < 4.78 is 0. The van der Waals surface area contributed by atoms with Gasteiger partial charge < -0.3 is 4.90 Å². The zero-order chi connectivity index (χ0) is 40.1. The molecule has 1 heteroatoms. The lowest BCUT2D eigenvalue weighted by atomic mass is 9.74. The van der Waals surface area contributed by atoms with Gasteiger partial charge in [-0.25, -0.2) is 0 Å². The molecule has 1 aliphatic rings. The Morgan fingerprint density at radius 2 is 0.932 bits per heavy atom. The number of hydrogen-bond donors (Lipinski definition) is 0. The smallest absolute Gasteiger partial charge is 0.0543 e. The Morgan fingerprint density at radius 3 is 1.63 bits per heavy atom. The molecule has 10 rings (SSSR count). The quantitative estimate of drug-likeness (QED) is 0.156. The van der Waals surface area contributed by atoms with Crippen molar-refractivity contribution in [3.63, 3.8) is 0 Å². The third-order valence-corrected chi connectivity index (χ3v) is 12.5. The highest BCUT2D eigenvalue weighted by Gasteiger charge is 2.41. The van der Waals surface area contributed by atoms with E-state index >= 15 is 0 Å². The molecule has 9 aromatic rings. The van der Waals surface area contributed by atoms with Gasteiger partial charge in [0.1, 0.15) is 0 Å². The van der Waals surface area contributed by atoms with Crippen LogP contribution in [0.15, 0.2) is 212 Å². The van der Waals surface area contributed by atoms with E-state index in [0.717, 1.165) is 17.1 Å². The van der Waals surface area contributed by atoms with Crippen molar-refractivity contribution in [2.75, 3.05) is 4.90 Å². The van der Waals surface area contributed by atoms with Gasteiger partial charge >= 0.3 is 0 Å². The van der Waals surface area contributed by atoms with Gasteiger partial charge in [-0.3, -0.25) is 0 Å². The van der Waals surface area contributed by atoms with Crippen LogP contribution in [0, 0.1) is 0 Å². The number of nitrogens with zero attached hydrogens (tertiary/aromatic N) is 1. The monoisotopic (exact) mass is 757 g/mol. The van der Waals surface area contributed by atoms with E-state index < -0.39 is 0 Å². The van der Waals surface area contributed by atoms with Crippen LogP contribution in [0.1, 0.15) is 49.9 Å². The summed E-state index contributed by atoms with van der Waals surface area (Å²) in [6.07, 6.45) is 0. The first-order valence-electron chi connectivity index (χ1n) is 20.8. The van der Waals surface area contributed by atoms with E-state index in [1.807, 2.05) is 0 Å². The molecule has 284 valence electrons. The predicted molar refractivity (Wildman–Crippen MR) is 251 cm³/mol. The van der Waals surface area contributed by atoms with Crippen molar-refractivity contribution in [2.24, 2.45) is 0 Å². The minimum Gasteiger partial charge on any atom is -0.309 e. The Hall–Kier alpha value is -6.96. The summed E-state index contributed by atoms with van der Waals surface area (Å²) in [5.74, 6) is 0. The maximum atomic E-state index is 2.55. The van der Waals surface area contributed by atoms with Gasteiger partial charge in [-0.15, -0.1) is 0 Å². The molecule has 9 aromatic carbocycles. The molecule has 0 heterocycles. The molecule has 0 aromatic heterocycles. The zero-order valence-corrected chi connectivity index (χ0v) is 34.2. The van der Waals surface area contributed by atoms with Crippen LogP contribution >= 0.6 is 0 Å². The summed E-state index contributed by atoms with van der Waals surface area (Å²) in [5.41, 5.74) is 18.0. The van der Waals surface area contributed by atoms with Crippen LogP contribution < -0.4 is 4.90 Å². The maximum Gasteiger partial charge on any atom is 0.0543 e. The number of para-hydroxylation sites is 1. The molecule has 0 radical (unpaired) electrons. The molecule has 1 atom stereocenters. The van der Waals surface area contributed by atoms with Crippen LogP contribution in [0.3, 0.4) is 0 Å². The van der Waals surface area contributed by atoms with Crippen LogP contribution in [0.4, 0.5) is 17.1 Å². The van der Waals surface area contributed by atoms with E-state index in [1.165, 1.54) is 77.5 Å². The normalized spacial score (nSPS) is 14.5. The van der Waals surface area contributed by atoms with Gasteiger partial charge in [0.15, 0.2) is 0 Å². The first-order valence-corrected chi connectivity index (χ1v) is 20.8. The molecule has 1 nitrogen and oxygen atoms in total. The van der Waals surface area contributed by atoms with E-state index in [9.17, 15) is 0 Å². The standard InChI is InChI=1S/C58H47N/c1-57(2,3)44-34-36-46(40-20-8-5-9-21-40)55(38-44)59(45-35-37-49-48-28-14-16-32-52(48)58(4,53(49)39-45)43-26-12-7-13-27-43)54-33-17-15-29-50(54)51-31-19-25-42-24-18-30-47(56(42)51)41-22-10-6-11-23-41/h5-39H,1-4H3. The molecule has 1 unspecified atom stereocenters. The third kappa shape index (κ3) is 6.17. The molecular weight excluding hydrogens is 711 g/mol. The lowest BCUT2D eigenvalue weighted by molar-refractivity contribution is 0.590. The molecule has 1 aliphatic carbocycles. The Balaban J connectivity index is 1.29. The summed E-state index contributed by atoms with van der Waals surface area (Å²) in [6.45, 7) is 9.34. The second-order valence-corrected chi connectivity index (χ2v) is 17.0. The number of anilines is 3. The van der Waals surface area contributed by atoms with Gasteiger partial charge in [-0.2, -0.15) is 0 Å². The van der Waals surface area contributed by atoms with E-state index in [4.69, 9.17) is 0 Å². The van der Waals surface area contributed by atoms with Crippen molar-refractivity contribution in [3.8, 4) is 44.5 Å². The summed E-state index contributed by atoms with van der Waals surface area (Å²) in [7, 11) is 0. The van der Waals surface area contributed by atoms with Crippen LogP contribution in [0.5, 0.6) is 0 Å². The SMILES string of the molecule is CC(C)(C)c1ccc(-c2ccccc2)c(N(c2ccc3c(c2)C(C)(c2ccccc2)c2ccccc2-3)c2ccccc2-c2cccc3cccc(-c4ccccc4)c23)c1. The highest BCUT2D eigenvalue weighted by atomic mass is 15.1. The minimum atomic E-state index is -0.343. The molecule has 0 fully saturated rings. The molecule has 0 saturated carbocycles. The second-order valence-electron chi connectivity index (χ2n) is 17.0. The fraction of sp³-hybridized carbons (Fsp3) is 0.103. The molecule has 0 saturated heterocycles. The van der Waals surface area contributed by atoms with Crippen molar-refractivity contribution in [3.05, 3.63) is 235 Å². The third-order valence-electron chi connectivity index (χ3n) is 12.5. The maximum absolute atomic E-state index is 2.55. The van der Waals surface area contributed by atoms with Crippen LogP contribution in [0.2, 0.25) is 0 Å². The number of fused-ring (bicyclic) bond motifs is 4. The fourth-order valence-electron chi connectivity index (χ4n) is 9.47. The van der Waals surface area contributed by atoms with E-state index in [1.54, 1.807) is 0 Å². The number of rotatable bonds is 7. The van der Waals surface area contributed by atoms with Crippen molar-refractivity contribution in [1.82, 2.24) is 0 Å². The first-order chi connectivity index (χ1) is 28.8. The highest BCUT2D eigenvalue weighted by molar-refractivity contribution is 6.09. The van der Waals surface area contributed by atoms with Crippen LogP contribution in [-0.4, -0.2) is 0 Å². The second kappa shape index (κ2) is 14.5. The number of benzene rings is 9. The summed E-state index contributed by atoms with van der Waals surface area (Å²) in [5, 5.41) is 2.47. The minimum absolute atomic E-state index is 0.0686. The Morgan fingerprint density at radius 1 is 0.390 bits per heavy atom. The first kappa shape index (κ1) is 36.4. The van der Waals surface area contributed by atoms with Gasteiger partial charge in [0, 0.05) is 22.2 Å². The zero-order valence-electron chi connectivity index (χ0n) is 34.2. The Kier molecular flexibility index (Phi) is 8.91. The average molecular weight is 758 g/mol. The molecule has 59 heavy (non-hydrogen) atoms. The van der Waals surface area contributed by atoms with Gasteiger partial charge in [0.2, 0.25) is 0 Å². The van der Waals surface area contributed by atoms with E-state index in [0.29, 0.717) is 0 Å². The molecule has 0 aliphatic heterocycles. The van der Waals surface area contributed by atoms with Crippen LogP contribution in [0.25, 0.3) is 55.3 Å². The number of hydrogen-bond acceptors (Lipinski definition) is 1. The molecule has 0 bridgehead atoms. The van der Waals surface area contributed by atoms with Gasteiger partial charge in [0.25, 0.3) is 0 Å². The summed E-state index contributed by atoms with van der Waals surface area (Å²) >= 11 is 0. The molecular formula is C58H47N. The van der Waals surface area contributed by atoms with Gasteiger partial charge in [-0.05, 0) is 103 Å². The lowest BCUT2D eigenvalue weighted by Gasteiger charge is -2.33. The lowest BCUT2D eigenvalue weighted by Crippen LogP contribution is -2.23. The molecule has 0 spiro atoms. The average Bonchev–Trinajstić information content (AvgIpc) is 3.54. The van der Waals surface area contributed by atoms with E-state index in [-0.39, 0.29) is 10.8 Å². The summed E-state index contributed by atoms with van der Waals surface area (Å²) in [4.78, 5) is 2.55. The topological polar surface area (TPSA) is 3.24 Å². The largest absolute Gasteiger partial charge is 0.309 e. The fourth-order valence-corrected chi connectivity index (χ4v) is 9.47. The van der Waals surface area contributed by atoms with Crippen LogP contribution in [-0.2, 0) is 10.8 Å². The predicted octanol–water partition coefficient (Wildman–Crippen LogP) is 15.9. The van der Waals surface area contributed by atoms with E-state index in [2.05, 4.69) is 245 Å². The molecule has 0 N–H and O–H groups in total. The highest BCUT2D eigenvalue weighted by Crippen LogP contribution is 2.55. The van der Waals surface area contributed by atoms with Gasteiger partial charge in [-0.1, -0.05) is 209 Å². The van der Waals surface area contributed by atoms with Crippen molar-refractivity contribution in [2.45, 2.75) is 38.5 Å². The Labute approximate surface area is 348 Å². The molecule has 0 amide bonds. The Bertz CT molecular complexity index is 2970. The van der Waals surface area contributed by atoms with Crippen molar-refractivity contribution < 1.29 is 0 Å². The van der Waals surface area contributed by atoms with Crippen molar-refractivity contribution in [1.29, 1.82) is 0 Å².